The van der Waals surface area contributed by atoms with Crippen LogP contribution in [0.1, 0.15) is 84.1 Å². The van der Waals surface area contributed by atoms with Gasteiger partial charge in [0.15, 0.2) is 5.71 Å². The first-order valence-corrected chi connectivity index (χ1v) is 11.3. The third-order valence-electron chi connectivity index (χ3n) is 6.65. The maximum atomic E-state index is 10.5. The van der Waals surface area contributed by atoms with Crippen LogP contribution in [0.3, 0.4) is 0 Å². The van der Waals surface area contributed by atoms with E-state index in [1.165, 1.54) is 66.3 Å². The summed E-state index contributed by atoms with van der Waals surface area (Å²) in [5, 5.41) is 11.4. The van der Waals surface area contributed by atoms with Crippen molar-refractivity contribution in [3.8, 4) is 0 Å². The summed E-state index contributed by atoms with van der Waals surface area (Å²) in [6, 6.07) is 13.3. The molecule has 0 bridgehead atoms. The standard InChI is InChI=1S/C26H35NO2.BrH/c1-20-26(2,3)25-22-15-12-11-14-21(22)17-18-23(25)27(20)19-13-9-7-5-4-6-8-10-16-24(28)29;/h11-12,14-15,17-18H,4-10,13,16,19H2,1-3H3;1H. The van der Waals surface area contributed by atoms with E-state index in [0.717, 1.165) is 19.4 Å². The van der Waals surface area contributed by atoms with Gasteiger partial charge in [-0.15, -0.1) is 0 Å². The Morgan fingerprint density at radius 3 is 2.17 bits per heavy atom. The van der Waals surface area contributed by atoms with Gasteiger partial charge in [0.1, 0.15) is 6.54 Å². The number of benzene rings is 2. The number of aliphatic carboxylic acids is 1. The van der Waals surface area contributed by atoms with Gasteiger partial charge in [0.25, 0.3) is 0 Å². The molecule has 0 fully saturated rings. The van der Waals surface area contributed by atoms with E-state index in [1.54, 1.807) is 0 Å². The molecule has 1 N–H and O–H groups in total. The maximum absolute atomic E-state index is 10.5. The largest absolute Gasteiger partial charge is 1.00 e. The first-order valence-electron chi connectivity index (χ1n) is 11.3. The van der Waals surface area contributed by atoms with Crippen LogP contribution in [-0.4, -0.2) is 27.9 Å². The Hall–Kier alpha value is -1.68. The van der Waals surface area contributed by atoms with Crippen molar-refractivity contribution >= 4 is 28.1 Å². The van der Waals surface area contributed by atoms with E-state index in [0.29, 0.717) is 6.42 Å². The minimum atomic E-state index is -0.670. The molecule has 0 saturated carbocycles. The lowest BCUT2D eigenvalue weighted by molar-refractivity contribution is -0.439. The Morgan fingerprint density at radius 2 is 1.50 bits per heavy atom. The average Bonchev–Trinajstić information content (AvgIpc) is 2.89. The van der Waals surface area contributed by atoms with Crippen LogP contribution in [0.2, 0.25) is 0 Å². The van der Waals surface area contributed by atoms with Crippen molar-refractivity contribution in [1.29, 1.82) is 0 Å². The number of nitrogens with zero attached hydrogens (tertiary/aromatic N) is 1. The summed E-state index contributed by atoms with van der Waals surface area (Å²) in [4.78, 5) is 10.5. The third-order valence-corrected chi connectivity index (χ3v) is 6.65. The molecule has 0 spiro atoms. The molecule has 30 heavy (non-hydrogen) atoms. The van der Waals surface area contributed by atoms with Crippen LogP contribution in [0.15, 0.2) is 36.4 Å². The van der Waals surface area contributed by atoms with Gasteiger partial charge in [-0.3, -0.25) is 4.79 Å². The summed E-state index contributed by atoms with van der Waals surface area (Å²) in [6.45, 7) is 8.11. The number of halogens is 1. The van der Waals surface area contributed by atoms with Crippen molar-refractivity contribution < 1.29 is 31.5 Å². The minimum Gasteiger partial charge on any atom is -1.00 e. The molecule has 3 rings (SSSR count). The van der Waals surface area contributed by atoms with Crippen LogP contribution in [0, 0.1) is 0 Å². The zero-order valence-corrected chi connectivity index (χ0v) is 20.3. The second-order valence-corrected chi connectivity index (χ2v) is 9.02. The second-order valence-electron chi connectivity index (χ2n) is 9.02. The summed E-state index contributed by atoms with van der Waals surface area (Å²) in [5.41, 5.74) is 4.41. The summed E-state index contributed by atoms with van der Waals surface area (Å²) in [6.07, 6.45) is 9.62. The van der Waals surface area contributed by atoms with Crippen LogP contribution in [0.4, 0.5) is 5.69 Å². The molecule has 1 aliphatic rings. The number of hydrogen-bond acceptors (Lipinski definition) is 1. The normalized spacial score (nSPS) is 14.6. The van der Waals surface area contributed by atoms with Crippen LogP contribution < -0.4 is 17.0 Å². The van der Waals surface area contributed by atoms with Crippen LogP contribution in [0.25, 0.3) is 10.8 Å². The Balaban J connectivity index is 0.00000320. The number of carboxylic acid groups (broad SMARTS) is 1. The molecule has 1 aliphatic heterocycles. The molecule has 2 aromatic carbocycles. The Morgan fingerprint density at radius 1 is 0.900 bits per heavy atom. The van der Waals surface area contributed by atoms with Crippen molar-refractivity contribution in [3.05, 3.63) is 42.0 Å². The zero-order chi connectivity index (χ0) is 20.9. The molecule has 1 heterocycles. The lowest BCUT2D eigenvalue weighted by atomic mass is 9.80. The highest BCUT2D eigenvalue weighted by atomic mass is 79.9. The van der Waals surface area contributed by atoms with Gasteiger partial charge in [0.05, 0.1) is 5.41 Å². The van der Waals surface area contributed by atoms with E-state index in [-0.39, 0.29) is 22.4 Å². The first kappa shape index (κ1) is 24.6. The molecule has 0 unspecified atom stereocenters. The highest BCUT2D eigenvalue weighted by Gasteiger charge is 2.43. The number of carboxylic acids is 1. The van der Waals surface area contributed by atoms with Crippen molar-refractivity contribution in [3.63, 3.8) is 0 Å². The van der Waals surface area contributed by atoms with Crippen molar-refractivity contribution in [2.24, 2.45) is 0 Å². The monoisotopic (exact) mass is 473 g/mol. The lowest BCUT2D eigenvalue weighted by Gasteiger charge is -2.17. The molecule has 0 radical (unpaired) electrons. The number of rotatable bonds is 11. The van der Waals surface area contributed by atoms with E-state index < -0.39 is 5.97 Å². The molecule has 0 saturated heterocycles. The molecule has 0 atom stereocenters. The number of hydrogen-bond donors (Lipinski definition) is 1. The van der Waals surface area contributed by atoms with E-state index >= 15 is 0 Å². The molecule has 4 heteroatoms. The Kier molecular flexibility index (Phi) is 9.09. The van der Waals surface area contributed by atoms with E-state index in [2.05, 4.69) is 61.7 Å². The van der Waals surface area contributed by atoms with Crippen molar-refractivity contribution in [2.75, 3.05) is 6.54 Å². The van der Waals surface area contributed by atoms with Crippen molar-refractivity contribution in [2.45, 2.75) is 84.0 Å². The highest BCUT2D eigenvalue weighted by Crippen LogP contribution is 2.43. The smallest absolute Gasteiger partial charge is 0.303 e. The van der Waals surface area contributed by atoms with Gasteiger partial charge >= 0.3 is 5.97 Å². The molecule has 2 aromatic rings. The minimum absolute atomic E-state index is 0. The lowest BCUT2D eigenvalue weighted by Crippen LogP contribution is -3.00. The summed E-state index contributed by atoms with van der Waals surface area (Å²) in [5.74, 6) is -0.670. The maximum Gasteiger partial charge on any atom is 0.303 e. The van der Waals surface area contributed by atoms with Crippen LogP contribution >= 0.6 is 0 Å². The fraction of sp³-hybridized carbons (Fsp3) is 0.538. The summed E-state index contributed by atoms with van der Waals surface area (Å²) < 4.78 is 2.55. The molecular formula is C26H36BrNO2. The molecule has 0 aromatic heterocycles. The summed E-state index contributed by atoms with van der Waals surface area (Å²) in [7, 11) is 0. The van der Waals surface area contributed by atoms with Crippen molar-refractivity contribution in [1.82, 2.24) is 0 Å². The molecule has 3 nitrogen and oxygen atoms in total. The first-order chi connectivity index (χ1) is 13.9. The fourth-order valence-electron chi connectivity index (χ4n) is 4.74. The molecular weight excluding hydrogens is 438 g/mol. The van der Waals surface area contributed by atoms with E-state index in [4.69, 9.17) is 5.11 Å². The molecule has 164 valence electrons. The Labute approximate surface area is 192 Å². The Bertz CT molecular complexity index is 901. The third kappa shape index (κ3) is 5.51. The van der Waals surface area contributed by atoms with Gasteiger partial charge in [-0.1, -0.05) is 56.4 Å². The van der Waals surface area contributed by atoms with Gasteiger partial charge in [-0.05, 0) is 43.5 Å². The summed E-state index contributed by atoms with van der Waals surface area (Å²) >= 11 is 0. The van der Waals surface area contributed by atoms with Gasteiger partial charge < -0.3 is 22.1 Å². The van der Waals surface area contributed by atoms with Crippen LogP contribution in [-0.2, 0) is 10.2 Å². The highest BCUT2D eigenvalue weighted by molar-refractivity contribution is 6.01. The van der Waals surface area contributed by atoms with E-state index in [9.17, 15) is 4.79 Å². The fourth-order valence-corrected chi connectivity index (χ4v) is 4.74. The van der Waals surface area contributed by atoms with Gasteiger partial charge in [0.2, 0.25) is 5.69 Å². The molecule has 0 amide bonds. The number of carbonyl (C=O) groups is 1. The topological polar surface area (TPSA) is 40.3 Å². The number of unbranched alkanes of at least 4 members (excludes halogenated alkanes) is 7. The van der Waals surface area contributed by atoms with Gasteiger partial charge in [0, 0.05) is 31.4 Å². The predicted molar refractivity (Wildman–Crippen MR) is 122 cm³/mol. The average molecular weight is 474 g/mol. The van der Waals surface area contributed by atoms with Crippen LogP contribution in [0.5, 0.6) is 0 Å². The predicted octanol–water partition coefficient (Wildman–Crippen LogP) is 3.84. The van der Waals surface area contributed by atoms with Gasteiger partial charge in [-0.2, -0.15) is 4.58 Å². The van der Waals surface area contributed by atoms with Gasteiger partial charge in [-0.25, -0.2) is 0 Å². The zero-order valence-electron chi connectivity index (χ0n) is 18.7. The SMILES string of the molecule is CC1=[N+](CCCCCCCCCCC(=O)O)c2ccc3ccccc3c2C1(C)C.[Br-]. The quantitative estimate of drug-likeness (QED) is 0.397. The number of fused-ring (bicyclic) bond motifs is 3. The van der Waals surface area contributed by atoms with E-state index in [1.807, 2.05) is 0 Å². The second kappa shape index (κ2) is 11.1. The molecule has 0 aliphatic carbocycles.